The summed E-state index contributed by atoms with van der Waals surface area (Å²) in [5, 5.41) is 7.43. The van der Waals surface area contributed by atoms with E-state index in [1.54, 1.807) is 0 Å². The largest absolute Gasteiger partial charge is 0.368 e. The van der Waals surface area contributed by atoms with Crippen LogP contribution in [0.2, 0.25) is 0 Å². The van der Waals surface area contributed by atoms with E-state index in [0.29, 0.717) is 6.42 Å². The smallest absolute Gasteiger partial charge is 0.243 e. The van der Waals surface area contributed by atoms with Crippen molar-refractivity contribution in [1.29, 1.82) is 0 Å². The Bertz CT molecular complexity index is 827. The molecule has 144 valence electrons. The molecule has 0 aliphatic heterocycles. The van der Waals surface area contributed by atoms with E-state index in [9.17, 15) is 14.4 Å². The Morgan fingerprint density at radius 1 is 0.963 bits per heavy atom. The first-order valence-corrected chi connectivity index (χ1v) is 9.11. The molecule has 0 heterocycles. The van der Waals surface area contributed by atoms with Gasteiger partial charge in [0, 0.05) is 13.3 Å². The van der Waals surface area contributed by atoms with Gasteiger partial charge >= 0.3 is 0 Å². The van der Waals surface area contributed by atoms with Gasteiger partial charge in [-0.25, -0.2) is 0 Å². The molecule has 27 heavy (non-hydrogen) atoms. The zero-order valence-electron chi connectivity index (χ0n) is 16.0. The summed E-state index contributed by atoms with van der Waals surface area (Å²) in [6.45, 7) is 5.29. The SMILES string of the molecule is CC(=O)N[C@@H](CC(C)C)C(=O)N[C@@H](Cc1cccc2ccccc12)C(N)=O. The quantitative estimate of drug-likeness (QED) is 0.662. The second-order valence-corrected chi connectivity index (χ2v) is 7.19. The number of benzene rings is 2. The van der Waals surface area contributed by atoms with E-state index in [2.05, 4.69) is 10.6 Å². The molecule has 0 aromatic heterocycles. The molecule has 0 unspecified atom stereocenters. The number of nitrogens with two attached hydrogens (primary N) is 1. The van der Waals surface area contributed by atoms with E-state index in [4.69, 9.17) is 5.73 Å². The number of carbonyl (C=O) groups excluding carboxylic acids is 3. The Balaban J connectivity index is 2.20. The van der Waals surface area contributed by atoms with Crippen molar-refractivity contribution in [3.8, 4) is 0 Å². The predicted molar refractivity (Wildman–Crippen MR) is 106 cm³/mol. The fourth-order valence-electron chi connectivity index (χ4n) is 3.13. The van der Waals surface area contributed by atoms with Gasteiger partial charge in [0.1, 0.15) is 12.1 Å². The van der Waals surface area contributed by atoms with Crippen molar-refractivity contribution < 1.29 is 14.4 Å². The third kappa shape index (κ3) is 5.81. The summed E-state index contributed by atoms with van der Waals surface area (Å²) in [7, 11) is 0. The number of nitrogens with one attached hydrogen (secondary N) is 2. The molecule has 3 amide bonds. The van der Waals surface area contributed by atoms with Crippen LogP contribution in [0.3, 0.4) is 0 Å². The van der Waals surface area contributed by atoms with Crippen molar-refractivity contribution in [2.24, 2.45) is 11.7 Å². The maximum absolute atomic E-state index is 12.6. The van der Waals surface area contributed by atoms with Crippen LogP contribution in [0.5, 0.6) is 0 Å². The van der Waals surface area contributed by atoms with Gasteiger partial charge in [0.25, 0.3) is 0 Å². The van der Waals surface area contributed by atoms with Crippen molar-refractivity contribution in [2.75, 3.05) is 0 Å². The van der Waals surface area contributed by atoms with Crippen LogP contribution in [0.4, 0.5) is 0 Å². The molecule has 0 aliphatic carbocycles. The van der Waals surface area contributed by atoms with Crippen LogP contribution in [0.15, 0.2) is 42.5 Å². The fraction of sp³-hybridized carbons (Fsp3) is 0.381. The number of primary amides is 1. The van der Waals surface area contributed by atoms with E-state index in [-0.39, 0.29) is 18.2 Å². The lowest BCUT2D eigenvalue weighted by molar-refractivity contribution is -0.131. The van der Waals surface area contributed by atoms with Crippen LogP contribution in [0, 0.1) is 5.92 Å². The molecule has 0 bridgehead atoms. The maximum Gasteiger partial charge on any atom is 0.243 e. The maximum atomic E-state index is 12.6. The molecule has 4 N–H and O–H groups in total. The number of fused-ring (bicyclic) bond motifs is 1. The normalized spacial score (nSPS) is 13.2. The minimum Gasteiger partial charge on any atom is -0.368 e. The molecule has 0 radical (unpaired) electrons. The van der Waals surface area contributed by atoms with Crippen molar-refractivity contribution >= 4 is 28.5 Å². The molecule has 0 aliphatic rings. The molecule has 6 heteroatoms. The predicted octanol–water partition coefficient (Wildman–Crippen LogP) is 1.90. The fourth-order valence-corrected chi connectivity index (χ4v) is 3.13. The van der Waals surface area contributed by atoms with E-state index < -0.39 is 23.9 Å². The van der Waals surface area contributed by atoms with Gasteiger partial charge in [0.05, 0.1) is 0 Å². The van der Waals surface area contributed by atoms with Crippen LogP contribution in [-0.4, -0.2) is 29.8 Å². The molecule has 2 aromatic carbocycles. The molecule has 0 fully saturated rings. The molecule has 0 spiro atoms. The van der Waals surface area contributed by atoms with Gasteiger partial charge < -0.3 is 16.4 Å². The van der Waals surface area contributed by atoms with Crippen LogP contribution < -0.4 is 16.4 Å². The summed E-state index contributed by atoms with van der Waals surface area (Å²) in [4.78, 5) is 36.0. The number of amides is 3. The molecule has 0 saturated carbocycles. The number of rotatable bonds is 8. The van der Waals surface area contributed by atoms with E-state index in [1.807, 2.05) is 56.3 Å². The molecule has 2 atom stereocenters. The summed E-state index contributed by atoms with van der Waals surface area (Å²) in [5.41, 5.74) is 6.47. The van der Waals surface area contributed by atoms with E-state index in [1.165, 1.54) is 6.92 Å². The highest BCUT2D eigenvalue weighted by molar-refractivity contribution is 5.92. The summed E-state index contributed by atoms with van der Waals surface area (Å²) in [6, 6.07) is 12.1. The third-order valence-corrected chi connectivity index (χ3v) is 4.36. The Labute approximate surface area is 159 Å². The average molecular weight is 369 g/mol. The third-order valence-electron chi connectivity index (χ3n) is 4.36. The van der Waals surface area contributed by atoms with Crippen LogP contribution in [-0.2, 0) is 20.8 Å². The lowest BCUT2D eigenvalue weighted by Gasteiger charge is -2.23. The minimum atomic E-state index is -0.855. The van der Waals surface area contributed by atoms with Gasteiger partial charge in [0.2, 0.25) is 17.7 Å². The summed E-state index contributed by atoms with van der Waals surface area (Å²) in [6.07, 6.45) is 0.766. The van der Waals surface area contributed by atoms with Crippen LogP contribution >= 0.6 is 0 Å². The first kappa shape index (κ1) is 20.4. The monoisotopic (exact) mass is 369 g/mol. The minimum absolute atomic E-state index is 0.206. The van der Waals surface area contributed by atoms with Gasteiger partial charge in [-0.3, -0.25) is 14.4 Å². The van der Waals surface area contributed by atoms with E-state index >= 15 is 0 Å². The lowest BCUT2D eigenvalue weighted by Crippen LogP contribution is -2.53. The zero-order valence-corrected chi connectivity index (χ0v) is 16.0. The number of hydrogen-bond acceptors (Lipinski definition) is 3. The Hall–Kier alpha value is -2.89. The lowest BCUT2D eigenvalue weighted by atomic mass is 9.97. The summed E-state index contributed by atoms with van der Waals surface area (Å²) < 4.78 is 0. The van der Waals surface area contributed by atoms with Gasteiger partial charge in [-0.2, -0.15) is 0 Å². The number of hydrogen-bond donors (Lipinski definition) is 3. The van der Waals surface area contributed by atoms with Gasteiger partial charge in [-0.15, -0.1) is 0 Å². The van der Waals surface area contributed by atoms with Gasteiger partial charge in [-0.05, 0) is 28.7 Å². The van der Waals surface area contributed by atoms with Crippen molar-refractivity contribution in [3.63, 3.8) is 0 Å². The Kier molecular flexibility index (Phi) is 6.93. The summed E-state index contributed by atoms with van der Waals surface area (Å²) >= 11 is 0. The molecular formula is C21H27N3O3. The second kappa shape index (κ2) is 9.16. The van der Waals surface area contributed by atoms with Crippen molar-refractivity contribution in [2.45, 2.75) is 45.7 Å². The number of carbonyl (C=O) groups is 3. The molecular weight excluding hydrogens is 342 g/mol. The Morgan fingerprint density at radius 3 is 2.26 bits per heavy atom. The van der Waals surface area contributed by atoms with Gasteiger partial charge in [0.15, 0.2) is 0 Å². The molecule has 2 rings (SSSR count). The highest BCUT2D eigenvalue weighted by Crippen LogP contribution is 2.20. The molecule has 0 saturated heterocycles. The van der Waals surface area contributed by atoms with Gasteiger partial charge in [-0.1, -0.05) is 56.3 Å². The highest BCUT2D eigenvalue weighted by Gasteiger charge is 2.26. The Morgan fingerprint density at radius 2 is 1.63 bits per heavy atom. The van der Waals surface area contributed by atoms with E-state index in [0.717, 1.165) is 16.3 Å². The zero-order chi connectivity index (χ0) is 20.0. The highest BCUT2D eigenvalue weighted by atomic mass is 16.2. The first-order chi connectivity index (χ1) is 12.8. The average Bonchev–Trinajstić information content (AvgIpc) is 2.59. The molecule has 6 nitrogen and oxygen atoms in total. The van der Waals surface area contributed by atoms with Crippen LogP contribution in [0.1, 0.15) is 32.8 Å². The van der Waals surface area contributed by atoms with Crippen LogP contribution in [0.25, 0.3) is 10.8 Å². The summed E-state index contributed by atoms with van der Waals surface area (Å²) in [5.74, 6) is -1.09. The van der Waals surface area contributed by atoms with Crippen molar-refractivity contribution in [3.05, 3.63) is 48.0 Å². The topological polar surface area (TPSA) is 101 Å². The molecule has 2 aromatic rings. The second-order valence-electron chi connectivity index (χ2n) is 7.19. The standard InChI is InChI=1S/C21H27N3O3/c1-13(2)11-19(23-14(3)25)21(27)24-18(20(22)26)12-16-9-6-8-15-7-4-5-10-17(15)16/h4-10,13,18-19H,11-12H2,1-3H3,(H2,22,26)(H,23,25)(H,24,27)/t18-,19-/m0/s1. The first-order valence-electron chi connectivity index (χ1n) is 9.11. The van der Waals surface area contributed by atoms with Crippen molar-refractivity contribution in [1.82, 2.24) is 10.6 Å².